The van der Waals surface area contributed by atoms with Crippen LogP contribution in [0.1, 0.15) is 88.7 Å². The summed E-state index contributed by atoms with van der Waals surface area (Å²) in [5.41, 5.74) is 2.58. The van der Waals surface area contributed by atoms with E-state index in [-0.39, 0.29) is 5.41 Å². The summed E-state index contributed by atoms with van der Waals surface area (Å²) in [6.07, 6.45) is 14.8. The maximum atomic E-state index is 9.78. The number of hydrogen-bond acceptors (Lipinski definition) is 2. The minimum atomic E-state index is -0.00289. The monoisotopic (exact) mass is 406 g/mol. The van der Waals surface area contributed by atoms with Gasteiger partial charge in [0.1, 0.15) is 11.5 Å². The molecule has 0 atom stereocenters. The third kappa shape index (κ3) is 4.68. The second-order valence-corrected chi connectivity index (χ2v) is 9.99. The fourth-order valence-corrected chi connectivity index (χ4v) is 6.16. The Kier molecular flexibility index (Phi) is 6.71. The normalized spacial score (nSPS) is 24.6. The number of phenols is 2. The van der Waals surface area contributed by atoms with E-state index < -0.39 is 0 Å². The molecule has 0 heterocycles. The van der Waals surface area contributed by atoms with Crippen molar-refractivity contribution in [2.75, 3.05) is 0 Å². The molecule has 2 saturated carbocycles. The fraction of sp³-hybridized carbons (Fsp3) is 0.571. The van der Waals surface area contributed by atoms with Crippen LogP contribution in [0.4, 0.5) is 0 Å². The van der Waals surface area contributed by atoms with Crippen molar-refractivity contribution in [3.8, 4) is 11.5 Å². The highest BCUT2D eigenvalue weighted by Gasteiger charge is 2.38. The summed E-state index contributed by atoms with van der Waals surface area (Å²) in [6.45, 7) is 2.35. The molecular formula is C28H38O2. The molecule has 2 N–H and O–H groups in total. The quantitative estimate of drug-likeness (QED) is 0.519. The molecule has 0 unspecified atom stereocenters. The van der Waals surface area contributed by atoms with Crippen molar-refractivity contribution in [3.05, 3.63) is 59.7 Å². The lowest BCUT2D eigenvalue weighted by atomic mass is 9.62. The van der Waals surface area contributed by atoms with Gasteiger partial charge in [-0.1, -0.05) is 76.1 Å². The summed E-state index contributed by atoms with van der Waals surface area (Å²) in [7, 11) is 0. The molecular weight excluding hydrogens is 368 g/mol. The lowest BCUT2D eigenvalue weighted by molar-refractivity contribution is 0.212. The van der Waals surface area contributed by atoms with Crippen LogP contribution in [0.25, 0.3) is 0 Å². The number of benzene rings is 2. The molecule has 0 bridgehead atoms. The van der Waals surface area contributed by atoms with Gasteiger partial charge in [0.25, 0.3) is 0 Å². The fourth-order valence-electron chi connectivity index (χ4n) is 6.16. The second kappa shape index (κ2) is 9.45. The van der Waals surface area contributed by atoms with Crippen LogP contribution in [0.15, 0.2) is 48.5 Å². The van der Waals surface area contributed by atoms with Crippen LogP contribution in [0.3, 0.4) is 0 Å². The van der Waals surface area contributed by atoms with E-state index in [1.54, 1.807) is 0 Å². The van der Waals surface area contributed by atoms with Crippen LogP contribution >= 0.6 is 0 Å². The molecule has 2 aliphatic rings. The standard InChI is InChI=1S/C28H38O2/c1-2-21-3-5-22(6-4-21)7-8-23-17-19-28(20-18-23,24-9-13-26(29)14-10-24)25-11-15-27(30)16-12-25/h9-16,21-23,29-30H,2-8,17-20H2,1H3. The molecule has 30 heavy (non-hydrogen) atoms. The minimum absolute atomic E-state index is 0.00289. The van der Waals surface area contributed by atoms with Gasteiger partial charge in [0.15, 0.2) is 0 Å². The van der Waals surface area contributed by atoms with E-state index in [4.69, 9.17) is 0 Å². The van der Waals surface area contributed by atoms with Gasteiger partial charge in [-0.25, -0.2) is 0 Å². The number of hydrogen-bond donors (Lipinski definition) is 2. The summed E-state index contributed by atoms with van der Waals surface area (Å²) in [4.78, 5) is 0. The van der Waals surface area contributed by atoms with Crippen LogP contribution in [0, 0.1) is 17.8 Å². The second-order valence-electron chi connectivity index (χ2n) is 9.99. The van der Waals surface area contributed by atoms with Crippen molar-refractivity contribution in [2.24, 2.45) is 17.8 Å². The Bertz CT molecular complexity index is 729. The van der Waals surface area contributed by atoms with Crippen molar-refractivity contribution in [1.82, 2.24) is 0 Å². The molecule has 0 radical (unpaired) electrons. The lowest BCUT2D eigenvalue weighted by Crippen LogP contribution is -2.33. The number of phenolic OH excluding ortho intramolecular Hbond substituents is 2. The number of rotatable bonds is 6. The number of aromatic hydroxyl groups is 2. The molecule has 2 heteroatoms. The van der Waals surface area contributed by atoms with E-state index in [1.165, 1.54) is 68.9 Å². The van der Waals surface area contributed by atoms with Gasteiger partial charge in [-0.2, -0.15) is 0 Å². The molecule has 2 fully saturated rings. The molecule has 2 aromatic carbocycles. The first-order valence-electron chi connectivity index (χ1n) is 12.2. The van der Waals surface area contributed by atoms with E-state index >= 15 is 0 Å². The minimum Gasteiger partial charge on any atom is -0.508 e. The average Bonchev–Trinajstić information content (AvgIpc) is 2.79. The zero-order valence-corrected chi connectivity index (χ0v) is 18.5. The molecule has 0 saturated heterocycles. The van der Waals surface area contributed by atoms with Gasteiger partial charge < -0.3 is 10.2 Å². The molecule has 2 aliphatic carbocycles. The van der Waals surface area contributed by atoms with Gasteiger partial charge in [-0.05, 0) is 78.8 Å². The topological polar surface area (TPSA) is 40.5 Å². The van der Waals surface area contributed by atoms with Gasteiger partial charge in [-0.15, -0.1) is 0 Å². The van der Waals surface area contributed by atoms with Crippen molar-refractivity contribution < 1.29 is 10.2 Å². The summed E-state index contributed by atoms with van der Waals surface area (Å²) >= 11 is 0. The Labute approximate surface area is 182 Å². The Balaban J connectivity index is 1.42. The Morgan fingerprint density at radius 1 is 0.633 bits per heavy atom. The predicted octanol–water partition coefficient (Wildman–Crippen LogP) is 7.57. The summed E-state index contributed by atoms with van der Waals surface area (Å²) in [5.74, 6) is 3.45. The van der Waals surface area contributed by atoms with Gasteiger partial charge in [-0.3, -0.25) is 0 Å². The Morgan fingerprint density at radius 2 is 1.03 bits per heavy atom. The molecule has 0 spiro atoms. The predicted molar refractivity (Wildman–Crippen MR) is 124 cm³/mol. The van der Waals surface area contributed by atoms with Crippen LogP contribution < -0.4 is 0 Å². The molecule has 0 amide bonds. The van der Waals surface area contributed by atoms with E-state index in [1.807, 2.05) is 24.3 Å². The van der Waals surface area contributed by atoms with E-state index in [9.17, 15) is 10.2 Å². The summed E-state index contributed by atoms with van der Waals surface area (Å²) < 4.78 is 0. The highest BCUT2D eigenvalue weighted by Crippen LogP contribution is 2.48. The molecule has 162 valence electrons. The SMILES string of the molecule is CCC1CCC(CCC2CCC(c3ccc(O)cc3)(c3ccc(O)cc3)CC2)CC1. The largest absolute Gasteiger partial charge is 0.508 e. The first kappa shape index (κ1) is 21.3. The Hall–Kier alpha value is -1.96. The summed E-state index contributed by atoms with van der Waals surface area (Å²) in [5, 5.41) is 19.6. The van der Waals surface area contributed by atoms with E-state index in [0.29, 0.717) is 11.5 Å². The third-order valence-corrected chi connectivity index (χ3v) is 8.33. The smallest absolute Gasteiger partial charge is 0.115 e. The maximum absolute atomic E-state index is 9.78. The zero-order chi connectivity index (χ0) is 21.0. The van der Waals surface area contributed by atoms with Gasteiger partial charge in [0, 0.05) is 5.41 Å². The van der Waals surface area contributed by atoms with Crippen molar-refractivity contribution in [2.45, 2.75) is 83.0 Å². The van der Waals surface area contributed by atoms with Crippen LogP contribution in [-0.4, -0.2) is 10.2 Å². The highest BCUT2D eigenvalue weighted by molar-refractivity contribution is 5.43. The lowest BCUT2D eigenvalue weighted by Gasteiger charge is -2.42. The average molecular weight is 407 g/mol. The van der Waals surface area contributed by atoms with Crippen molar-refractivity contribution >= 4 is 0 Å². The molecule has 2 aromatic rings. The first-order chi connectivity index (χ1) is 14.6. The van der Waals surface area contributed by atoms with Crippen molar-refractivity contribution in [1.29, 1.82) is 0 Å². The zero-order valence-electron chi connectivity index (χ0n) is 18.5. The molecule has 4 rings (SSSR count). The first-order valence-corrected chi connectivity index (χ1v) is 12.2. The van der Waals surface area contributed by atoms with E-state index in [0.717, 1.165) is 30.6 Å². The van der Waals surface area contributed by atoms with Crippen molar-refractivity contribution in [3.63, 3.8) is 0 Å². The third-order valence-electron chi connectivity index (χ3n) is 8.33. The highest BCUT2D eigenvalue weighted by atomic mass is 16.3. The van der Waals surface area contributed by atoms with E-state index in [2.05, 4.69) is 31.2 Å². The molecule has 0 aromatic heterocycles. The van der Waals surface area contributed by atoms with Gasteiger partial charge in [0.2, 0.25) is 0 Å². The Morgan fingerprint density at radius 3 is 1.47 bits per heavy atom. The molecule has 0 aliphatic heterocycles. The van der Waals surface area contributed by atoms with Crippen LogP contribution in [0.2, 0.25) is 0 Å². The summed E-state index contributed by atoms with van der Waals surface area (Å²) in [6, 6.07) is 15.6. The van der Waals surface area contributed by atoms with Crippen LogP contribution in [0.5, 0.6) is 11.5 Å². The maximum Gasteiger partial charge on any atom is 0.115 e. The van der Waals surface area contributed by atoms with Crippen LogP contribution in [-0.2, 0) is 5.41 Å². The molecule has 2 nitrogen and oxygen atoms in total. The van der Waals surface area contributed by atoms with Gasteiger partial charge in [0.05, 0.1) is 0 Å². The van der Waals surface area contributed by atoms with Gasteiger partial charge >= 0.3 is 0 Å².